The summed E-state index contributed by atoms with van der Waals surface area (Å²) < 4.78 is 7.45. The molecule has 1 saturated heterocycles. The highest BCUT2D eigenvalue weighted by Gasteiger charge is 2.27. The highest BCUT2D eigenvalue weighted by molar-refractivity contribution is 5.79. The van der Waals surface area contributed by atoms with Gasteiger partial charge in [0.05, 0.1) is 6.54 Å². The van der Waals surface area contributed by atoms with E-state index in [1.807, 2.05) is 49.6 Å². The molecule has 0 radical (unpaired) electrons. The lowest BCUT2D eigenvalue weighted by atomic mass is 9.98. The van der Waals surface area contributed by atoms with Gasteiger partial charge in [0.2, 0.25) is 0 Å². The Kier molecular flexibility index (Phi) is 6.56. The molecular formula is C20H31N7O2. The molecule has 29 heavy (non-hydrogen) atoms. The second kappa shape index (κ2) is 9.11. The van der Waals surface area contributed by atoms with Crippen molar-refractivity contribution in [3.8, 4) is 0 Å². The van der Waals surface area contributed by atoms with Crippen LogP contribution in [0.1, 0.15) is 39.4 Å². The fraction of sp³-hybridized carbons (Fsp3) is 0.600. The van der Waals surface area contributed by atoms with E-state index < -0.39 is 5.60 Å². The molecule has 1 unspecified atom stereocenters. The number of piperidine rings is 1. The van der Waals surface area contributed by atoms with Crippen molar-refractivity contribution in [1.82, 2.24) is 30.1 Å². The van der Waals surface area contributed by atoms with Crippen molar-refractivity contribution >= 4 is 17.7 Å². The maximum atomic E-state index is 12.3. The molecule has 1 fully saturated rings. The number of rotatable bonds is 4. The van der Waals surface area contributed by atoms with Gasteiger partial charge in [-0.3, -0.25) is 9.39 Å². The molecule has 1 atom stereocenters. The van der Waals surface area contributed by atoms with E-state index >= 15 is 0 Å². The molecule has 2 aromatic heterocycles. The zero-order valence-corrected chi connectivity index (χ0v) is 17.7. The second-order valence-corrected chi connectivity index (χ2v) is 8.29. The molecule has 0 aliphatic carbocycles. The molecule has 1 aliphatic rings. The molecule has 9 nitrogen and oxygen atoms in total. The Morgan fingerprint density at radius 2 is 2.14 bits per heavy atom. The topological polar surface area (TPSA) is 96.1 Å². The fourth-order valence-corrected chi connectivity index (χ4v) is 3.36. The molecular weight excluding hydrogens is 370 g/mol. The van der Waals surface area contributed by atoms with Crippen LogP contribution < -0.4 is 10.6 Å². The number of hydrogen-bond donors (Lipinski definition) is 2. The van der Waals surface area contributed by atoms with Gasteiger partial charge in [0, 0.05) is 32.9 Å². The average Bonchev–Trinajstić information content (AvgIpc) is 3.10. The van der Waals surface area contributed by atoms with Gasteiger partial charge in [-0.25, -0.2) is 4.79 Å². The first-order chi connectivity index (χ1) is 13.9. The van der Waals surface area contributed by atoms with Crippen LogP contribution >= 0.6 is 0 Å². The summed E-state index contributed by atoms with van der Waals surface area (Å²) in [6, 6.07) is 5.81. The minimum atomic E-state index is -0.472. The minimum absolute atomic E-state index is 0.233. The summed E-state index contributed by atoms with van der Waals surface area (Å²) in [4.78, 5) is 18.4. The molecule has 0 aromatic carbocycles. The number of carbonyl (C=O) groups is 1. The molecule has 1 aliphatic heterocycles. The van der Waals surface area contributed by atoms with Gasteiger partial charge >= 0.3 is 6.09 Å². The van der Waals surface area contributed by atoms with Gasteiger partial charge in [-0.05, 0) is 51.7 Å². The summed E-state index contributed by atoms with van der Waals surface area (Å²) in [6.07, 6.45) is 3.75. The van der Waals surface area contributed by atoms with Gasteiger partial charge in [0.1, 0.15) is 5.60 Å². The third kappa shape index (κ3) is 5.82. The zero-order valence-electron chi connectivity index (χ0n) is 17.7. The van der Waals surface area contributed by atoms with Crippen LogP contribution in [0.5, 0.6) is 0 Å². The number of guanidine groups is 1. The van der Waals surface area contributed by atoms with Crippen molar-refractivity contribution in [1.29, 1.82) is 0 Å². The van der Waals surface area contributed by atoms with E-state index in [-0.39, 0.29) is 6.09 Å². The van der Waals surface area contributed by atoms with E-state index in [1.165, 1.54) is 0 Å². The third-order valence-corrected chi connectivity index (χ3v) is 4.75. The minimum Gasteiger partial charge on any atom is -0.444 e. The quantitative estimate of drug-likeness (QED) is 0.601. The molecule has 0 spiro atoms. The van der Waals surface area contributed by atoms with Crippen molar-refractivity contribution in [2.24, 2.45) is 10.9 Å². The Morgan fingerprint density at radius 1 is 1.31 bits per heavy atom. The number of pyridine rings is 1. The van der Waals surface area contributed by atoms with Crippen LogP contribution in [0, 0.1) is 5.92 Å². The van der Waals surface area contributed by atoms with Gasteiger partial charge in [-0.2, -0.15) is 0 Å². The summed E-state index contributed by atoms with van der Waals surface area (Å²) in [5.74, 6) is 1.87. The number of aromatic nitrogens is 3. The summed E-state index contributed by atoms with van der Waals surface area (Å²) in [5.41, 5.74) is 0.344. The predicted molar refractivity (Wildman–Crippen MR) is 112 cm³/mol. The maximum Gasteiger partial charge on any atom is 0.410 e. The zero-order chi connectivity index (χ0) is 20.9. The van der Waals surface area contributed by atoms with Gasteiger partial charge in [0.15, 0.2) is 17.4 Å². The number of likely N-dealkylation sites (tertiary alicyclic amines) is 1. The van der Waals surface area contributed by atoms with E-state index in [2.05, 4.69) is 25.8 Å². The van der Waals surface area contributed by atoms with Crippen LogP contribution in [-0.4, -0.2) is 63.8 Å². The Morgan fingerprint density at radius 3 is 2.90 bits per heavy atom. The van der Waals surface area contributed by atoms with Gasteiger partial charge in [-0.1, -0.05) is 6.07 Å². The van der Waals surface area contributed by atoms with Crippen LogP contribution in [0.25, 0.3) is 5.65 Å². The number of aliphatic imine (C=N–C) groups is 1. The Bertz CT molecular complexity index is 856. The summed E-state index contributed by atoms with van der Waals surface area (Å²) in [7, 11) is 1.74. The first kappa shape index (κ1) is 20.9. The number of nitrogens with one attached hydrogen (secondary N) is 2. The Hall–Kier alpha value is -2.84. The third-order valence-electron chi connectivity index (χ3n) is 4.75. The van der Waals surface area contributed by atoms with Crippen molar-refractivity contribution in [3.63, 3.8) is 0 Å². The highest BCUT2D eigenvalue weighted by atomic mass is 16.6. The smallest absolute Gasteiger partial charge is 0.410 e. The Labute approximate surface area is 171 Å². The van der Waals surface area contributed by atoms with E-state index in [9.17, 15) is 4.79 Å². The highest BCUT2D eigenvalue weighted by Crippen LogP contribution is 2.18. The Balaban J connectivity index is 1.48. The van der Waals surface area contributed by atoms with Crippen LogP contribution in [0.15, 0.2) is 29.4 Å². The first-order valence-corrected chi connectivity index (χ1v) is 10.1. The summed E-state index contributed by atoms with van der Waals surface area (Å²) >= 11 is 0. The largest absolute Gasteiger partial charge is 0.444 e. The number of nitrogens with zero attached hydrogens (tertiary/aromatic N) is 5. The van der Waals surface area contributed by atoms with E-state index in [0.29, 0.717) is 25.0 Å². The number of ether oxygens (including phenoxy) is 1. The van der Waals surface area contributed by atoms with Crippen molar-refractivity contribution in [2.45, 2.75) is 45.8 Å². The van der Waals surface area contributed by atoms with Gasteiger partial charge in [-0.15, -0.1) is 10.2 Å². The molecule has 158 valence electrons. The van der Waals surface area contributed by atoms with Crippen molar-refractivity contribution in [3.05, 3.63) is 30.2 Å². The normalized spacial score (nSPS) is 18.0. The van der Waals surface area contributed by atoms with Crippen LogP contribution in [0.2, 0.25) is 0 Å². The molecule has 2 N–H and O–H groups in total. The maximum absolute atomic E-state index is 12.3. The lowest BCUT2D eigenvalue weighted by Gasteiger charge is -2.34. The fourth-order valence-electron chi connectivity index (χ4n) is 3.36. The number of fused-ring (bicyclic) bond motifs is 1. The van der Waals surface area contributed by atoms with Crippen molar-refractivity contribution in [2.75, 3.05) is 26.7 Å². The van der Waals surface area contributed by atoms with Crippen LogP contribution in [0.3, 0.4) is 0 Å². The molecule has 0 bridgehead atoms. The van der Waals surface area contributed by atoms with Gasteiger partial charge < -0.3 is 20.3 Å². The summed E-state index contributed by atoms with van der Waals surface area (Å²) in [5, 5.41) is 15.0. The monoisotopic (exact) mass is 401 g/mol. The summed E-state index contributed by atoms with van der Waals surface area (Å²) in [6.45, 7) is 8.36. The molecule has 2 aromatic rings. The molecule has 0 saturated carbocycles. The van der Waals surface area contributed by atoms with Crippen LogP contribution in [-0.2, 0) is 11.3 Å². The SMILES string of the molecule is CN=C(NCc1nnc2ccccn12)NCC1CCCN(C(=O)OC(C)(C)C)C1. The van der Waals surface area contributed by atoms with E-state index in [1.54, 1.807) is 11.9 Å². The number of carbonyl (C=O) groups excluding carboxylic acids is 1. The first-order valence-electron chi connectivity index (χ1n) is 10.1. The predicted octanol–water partition coefficient (Wildman–Crippen LogP) is 2.04. The second-order valence-electron chi connectivity index (χ2n) is 8.29. The standard InChI is InChI=1S/C20H31N7O2/c1-20(2,3)29-19(28)26-10-7-8-15(14-26)12-22-18(21-4)23-13-17-25-24-16-9-5-6-11-27(16)17/h5-6,9,11,15H,7-8,10,12-14H2,1-4H3,(H2,21,22,23). The number of amides is 1. The average molecular weight is 402 g/mol. The van der Waals surface area contributed by atoms with E-state index in [4.69, 9.17) is 4.74 Å². The lowest BCUT2D eigenvalue weighted by molar-refractivity contribution is 0.0168. The number of hydrogen-bond acceptors (Lipinski definition) is 5. The molecule has 1 amide bonds. The van der Waals surface area contributed by atoms with Crippen LogP contribution in [0.4, 0.5) is 4.79 Å². The molecule has 3 heterocycles. The lowest BCUT2D eigenvalue weighted by Crippen LogP contribution is -2.47. The molecule has 9 heteroatoms. The van der Waals surface area contributed by atoms with E-state index in [0.717, 1.165) is 37.4 Å². The van der Waals surface area contributed by atoms with Crippen molar-refractivity contribution < 1.29 is 9.53 Å². The van der Waals surface area contributed by atoms with Gasteiger partial charge in [0.25, 0.3) is 0 Å². The molecule has 3 rings (SSSR count).